The molecule has 1 amide bonds. The third-order valence-electron chi connectivity index (χ3n) is 12.7. The molecule has 0 aliphatic carbocycles. The number of carbonyl (C=O) groups is 2. The number of nitrogens with two attached hydrogens (primary N) is 1. The molecule has 8 rings (SSSR count). The molecular weight excluding hydrogens is 741 g/mol. The summed E-state index contributed by atoms with van der Waals surface area (Å²) in [5.74, 6) is -0.826. The van der Waals surface area contributed by atoms with Crippen molar-refractivity contribution in [1.29, 1.82) is 0 Å². The summed E-state index contributed by atoms with van der Waals surface area (Å²) in [6.07, 6.45) is 3.09. The number of nitrogens with zero attached hydrogens (tertiary/aromatic N) is 5. The van der Waals surface area contributed by atoms with Gasteiger partial charge in [-0.05, 0) is 105 Å². The van der Waals surface area contributed by atoms with Crippen molar-refractivity contribution >= 4 is 28.5 Å². The molecule has 310 valence electrons. The Labute approximate surface area is 339 Å². The van der Waals surface area contributed by atoms with Gasteiger partial charge in [0.1, 0.15) is 6.04 Å². The van der Waals surface area contributed by atoms with Gasteiger partial charge in [-0.1, -0.05) is 32.0 Å². The molecule has 3 saturated heterocycles. The number of hydrogen-bond acceptors (Lipinski definition) is 9. The summed E-state index contributed by atoms with van der Waals surface area (Å²) in [5.41, 5.74) is 16.8. The van der Waals surface area contributed by atoms with E-state index < -0.39 is 35.8 Å². The number of pyridine rings is 1. The smallest absolute Gasteiger partial charge is 0.324 e. The molecule has 0 radical (unpaired) electrons. The second-order valence-corrected chi connectivity index (χ2v) is 17.4. The number of aryl methyl sites for hydroxylation is 1. The predicted molar refractivity (Wildman–Crippen MR) is 221 cm³/mol. The van der Waals surface area contributed by atoms with E-state index in [1.807, 2.05) is 25.3 Å². The lowest BCUT2D eigenvalue weighted by atomic mass is 9.84. The molecular formula is C45H57F2N7O4. The fraction of sp³-hybridized carbons (Fsp3) is 0.533. The molecule has 4 atom stereocenters. The van der Waals surface area contributed by atoms with Gasteiger partial charge < -0.3 is 24.7 Å². The maximum absolute atomic E-state index is 14.5. The Morgan fingerprint density at radius 2 is 1.84 bits per heavy atom. The number of piperazine rings is 1. The molecule has 3 N–H and O–H groups in total. The summed E-state index contributed by atoms with van der Waals surface area (Å²) in [6.45, 7) is 13.6. The molecule has 11 nitrogen and oxygen atoms in total. The van der Waals surface area contributed by atoms with Crippen molar-refractivity contribution in [3.8, 4) is 22.4 Å². The van der Waals surface area contributed by atoms with E-state index in [1.54, 1.807) is 7.11 Å². The summed E-state index contributed by atoms with van der Waals surface area (Å²) < 4.78 is 43.4. The van der Waals surface area contributed by atoms with E-state index >= 15 is 0 Å². The number of esters is 1. The van der Waals surface area contributed by atoms with E-state index in [2.05, 4.69) is 58.8 Å². The monoisotopic (exact) mass is 797 g/mol. The van der Waals surface area contributed by atoms with E-state index in [1.165, 1.54) is 30.0 Å². The number of rotatable bonds is 6. The molecule has 2 aromatic heterocycles. The number of aromatic nitrogens is 2. The van der Waals surface area contributed by atoms with E-state index in [9.17, 15) is 18.4 Å². The highest BCUT2D eigenvalue weighted by atomic mass is 19.3. The fourth-order valence-corrected chi connectivity index (χ4v) is 9.59. The second kappa shape index (κ2) is 16.3. The van der Waals surface area contributed by atoms with Crippen molar-refractivity contribution < 1.29 is 27.8 Å². The first-order valence-electron chi connectivity index (χ1n) is 20.9. The Bertz CT molecular complexity index is 2190. The summed E-state index contributed by atoms with van der Waals surface area (Å²) in [5, 5.41) is 2.37. The van der Waals surface area contributed by atoms with Gasteiger partial charge in [-0.25, -0.2) is 14.2 Å². The van der Waals surface area contributed by atoms with Gasteiger partial charge in [-0.3, -0.25) is 24.5 Å². The van der Waals surface area contributed by atoms with Crippen molar-refractivity contribution in [3.63, 3.8) is 0 Å². The predicted octanol–water partition coefficient (Wildman–Crippen LogP) is 6.81. The topological polar surface area (TPSA) is 118 Å². The van der Waals surface area contributed by atoms with Crippen LogP contribution in [0.25, 0.3) is 33.3 Å². The zero-order valence-electron chi connectivity index (χ0n) is 34.4. The highest BCUT2D eigenvalue weighted by Gasteiger charge is 2.35. The van der Waals surface area contributed by atoms with Crippen molar-refractivity contribution in [2.24, 2.45) is 11.1 Å². The van der Waals surface area contributed by atoms with E-state index in [-0.39, 0.29) is 24.7 Å². The van der Waals surface area contributed by atoms with Crippen LogP contribution in [-0.2, 0) is 38.4 Å². The third-order valence-corrected chi connectivity index (χ3v) is 12.7. The Morgan fingerprint density at radius 1 is 1.03 bits per heavy atom. The van der Waals surface area contributed by atoms with Gasteiger partial charge >= 0.3 is 5.97 Å². The van der Waals surface area contributed by atoms with Gasteiger partial charge in [-0.15, -0.1) is 0 Å². The lowest BCUT2D eigenvalue weighted by Gasteiger charge is -2.39. The number of ether oxygens (including phenoxy) is 2. The van der Waals surface area contributed by atoms with Crippen LogP contribution >= 0.6 is 0 Å². The minimum Gasteiger partial charge on any atom is -0.464 e. The van der Waals surface area contributed by atoms with Crippen LogP contribution in [0.4, 0.5) is 14.5 Å². The molecule has 58 heavy (non-hydrogen) atoms. The van der Waals surface area contributed by atoms with Crippen molar-refractivity contribution in [3.05, 3.63) is 71.0 Å². The molecule has 4 aromatic rings. The number of halogens is 2. The van der Waals surface area contributed by atoms with Crippen molar-refractivity contribution in [2.75, 3.05) is 51.3 Å². The second-order valence-electron chi connectivity index (χ2n) is 17.4. The van der Waals surface area contributed by atoms with Gasteiger partial charge in [0.25, 0.3) is 12.3 Å². The minimum atomic E-state index is -2.72. The number of amides is 1. The first-order chi connectivity index (χ1) is 27.8. The van der Waals surface area contributed by atoms with Crippen LogP contribution in [0.5, 0.6) is 0 Å². The number of anilines is 1. The maximum Gasteiger partial charge on any atom is 0.324 e. The summed E-state index contributed by atoms with van der Waals surface area (Å²) >= 11 is 0. The van der Waals surface area contributed by atoms with Crippen molar-refractivity contribution in [2.45, 2.75) is 103 Å². The molecule has 0 spiro atoms. The lowest BCUT2D eigenvalue weighted by Crippen LogP contribution is -2.59. The quantitative estimate of drug-likeness (QED) is 0.203. The molecule has 4 aliphatic rings. The van der Waals surface area contributed by atoms with Crippen LogP contribution in [0.1, 0.15) is 88.3 Å². The average Bonchev–Trinajstić information content (AvgIpc) is 3.83. The minimum absolute atomic E-state index is 0.0529. The molecule has 3 fully saturated rings. The first-order valence-corrected chi connectivity index (χ1v) is 20.9. The van der Waals surface area contributed by atoms with Gasteiger partial charge in [0.15, 0.2) is 0 Å². The van der Waals surface area contributed by atoms with Crippen LogP contribution in [-0.4, -0.2) is 95.9 Å². The van der Waals surface area contributed by atoms with Gasteiger partial charge in [0, 0.05) is 73.3 Å². The molecule has 4 aliphatic heterocycles. The van der Waals surface area contributed by atoms with Crippen LogP contribution in [0, 0.1) is 5.41 Å². The van der Waals surface area contributed by atoms with Gasteiger partial charge in [0.2, 0.25) is 0 Å². The normalized spacial score (nSPS) is 23.6. The van der Waals surface area contributed by atoms with Crippen LogP contribution in [0.15, 0.2) is 48.7 Å². The maximum atomic E-state index is 14.5. The molecule has 6 heterocycles. The summed E-state index contributed by atoms with van der Waals surface area (Å²) in [7, 11) is 1.70. The van der Waals surface area contributed by atoms with E-state index in [4.69, 9.17) is 20.2 Å². The molecule has 0 unspecified atom stereocenters. The molecule has 2 aromatic carbocycles. The van der Waals surface area contributed by atoms with E-state index in [0.29, 0.717) is 49.5 Å². The number of alkyl halides is 2. The number of benzene rings is 2. The Morgan fingerprint density at radius 3 is 2.62 bits per heavy atom. The zero-order chi connectivity index (χ0) is 40.9. The largest absolute Gasteiger partial charge is 0.464 e. The van der Waals surface area contributed by atoms with Crippen molar-refractivity contribution in [1.82, 2.24) is 24.9 Å². The zero-order valence-corrected chi connectivity index (χ0v) is 34.4. The molecule has 0 saturated carbocycles. The first kappa shape index (κ1) is 40.4. The summed E-state index contributed by atoms with van der Waals surface area (Å²) in [6, 6.07) is 12.1. The van der Waals surface area contributed by atoms with Crippen LogP contribution in [0.3, 0.4) is 0 Å². The van der Waals surface area contributed by atoms with E-state index in [0.717, 1.165) is 70.8 Å². The van der Waals surface area contributed by atoms with Crippen LogP contribution < -0.4 is 16.1 Å². The Balaban J connectivity index is 1.32. The Kier molecular flexibility index (Phi) is 11.4. The number of hydrazine groups is 1. The number of hydrogen-bond donors (Lipinski definition) is 2. The molecule has 6 bridgehead atoms. The standard InChI is InChI=1S/C45H57F2N7O4/c1-6-53-39-12-11-29-21-34(39)36(41(53)35-22-33(24-49-40(35)27(2)57-5)52-16-15-51-13-7-9-32(51)25-52)23-45(3,4)26-58-44(56)38-10-8-14-54(50-38)43(55)37(48)19-28-17-30(29)20-31(18-28)42(46)47/h11-12,17-18,20-22,24,27,32,37-38,42,50H,6-10,13-16,19,23,25-26,48H2,1-5H3/t27-,32+,37-,38-/m0/s1. The third kappa shape index (κ3) is 7.86. The fourth-order valence-electron chi connectivity index (χ4n) is 9.59. The SMILES string of the molecule is CCn1c(-c2cc(N3CCN4CCC[C@@H]4C3)cnc2[C@H](C)OC)c2c3cc(ccc31)-c1cc(cc(C(F)F)c1)C[C@H](N)C(=O)N1CCC[C@H](N1)C(=O)OCC(C)(C)C2. The number of cyclic esters (lactones) is 1. The number of fused-ring (bicyclic) bond motifs is 7. The highest BCUT2D eigenvalue weighted by Crippen LogP contribution is 2.43. The average molecular weight is 798 g/mol. The molecule has 13 heteroatoms. The number of carbonyl (C=O) groups excluding carboxylic acids is 2. The van der Waals surface area contributed by atoms with Gasteiger partial charge in [-0.2, -0.15) is 0 Å². The number of nitrogens with one attached hydrogen (secondary N) is 1. The van der Waals surface area contributed by atoms with Crippen LogP contribution in [0.2, 0.25) is 0 Å². The highest BCUT2D eigenvalue weighted by molar-refractivity contribution is 5.96. The Hall–Kier alpha value is -4.43. The number of methoxy groups -OCH3 is 1. The summed E-state index contributed by atoms with van der Waals surface area (Å²) in [4.78, 5) is 37.4. The van der Waals surface area contributed by atoms with Gasteiger partial charge in [0.05, 0.1) is 42.0 Å². The lowest BCUT2D eigenvalue weighted by molar-refractivity contribution is -0.154.